The second-order valence-corrected chi connectivity index (χ2v) is 6.41. The van der Waals surface area contributed by atoms with Gasteiger partial charge in [-0.3, -0.25) is 0 Å². The van der Waals surface area contributed by atoms with E-state index in [9.17, 15) is 0 Å². The summed E-state index contributed by atoms with van der Waals surface area (Å²) < 4.78 is -0.951. The SMILES string of the molecule is Clc1nc2ncc(Br)cc2nc1C(Cl)(Cl)Cl. The molecule has 16 heavy (non-hydrogen) atoms. The number of halogens is 5. The van der Waals surface area contributed by atoms with Crippen LogP contribution < -0.4 is 0 Å². The van der Waals surface area contributed by atoms with Gasteiger partial charge in [-0.25, -0.2) is 15.0 Å². The van der Waals surface area contributed by atoms with E-state index < -0.39 is 3.79 Å². The van der Waals surface area contributed by atoms with Crippen molar-refractivity contribution >= 4 is 73.5 Å². The molecular formula is C8H2BrCl4N3. The summed E-state index contributed by atoms with van der Waals surface area (Å²) in [5, 5.41) is 0.0299. The molecule has 0 amide bonds. The minimum absolute atomic E-state index is 0.0299. The minimum Gasteiger partial charge on any atom is -0.242 e. The average Bonchev–Trinajstić information content (AvgIpc) is 2.16. The van der Waals surface area contributed by atoms with Gasteiger partial charge in [0.25, 0.3) is 0 Å². The Hall–Kier alpha value is 0.130. The highest BCUT2D eigenvalue weighted by Gasteiger charge is 2.29. The van der Waals surface area contributed by atoms with Gasteiger partial charge in [0.15, 0.2) is 10.8 Å². The molecule has 8 heteroatoms. The van der Waals surface area contributed by atoms with E-state index in [1.165, 1.54) is 0 Å². The zero-order valence-electron chi connectivity index (χ0n) is 7.39. The average molecular weight is 362 g/mol. The molecule has 0 N–H and O–H groups in total. The number of fused-ring (bicyclic) bond motifs is 1. The minimum atomic E-state index is -1.71. The van der Waals surface area contributed by atoms with Gasteiger partial charge in [-0.1, -0.05) is 46.4 Å². The van der Waals surface area contributed by atoms with Crippen LogP contribution in [0.15, 0.2) is 16.7 Å². The van der Waals surface area contributed by atoms with E-state index in [0.717, 1.165) is 4.47 Å². The summed E-state index contributed by atoms with van der Waals surface area (Å²) in [6.45, 7) is 0. The van der Waals surface area contributed by atoms with Gasteiger partial charge in [-0.05, 0) is 22.0 Å². The van der Waals surface area contributed by atoms with Gasteiger partial charge in [-0.15, -0.1) is 0 Å². The van der Waals surface area contributed by atoms with E-state index in [1.807, 2.05) is 0 Å². The Morgan fingerprint density at radius 3 is 2.50 bits per heavy atom. The largest absolute Gasteiger partial charge is 0.242 e. The predicted octanol–water partition coefficient (Wildman–Crippen LogP) is 4.27. The fourth-order valence-corrected chi connectivity index (χ4v) is 2.21. The Labute approximate surface area is 119 Å². The van der Waals surface area contributed by atoms with E-state index in [2.05, 4.69) is 30.9 Å². The molecule has 2 aromatic heterocycles. The number of alkyl halides is 3. The molecule has 3 nitrogen and oxygen atoms in total. The lowest BCUT2D eigenvalue weighted by molar-refractivity contribution is 1.07. The van der Waals surface area contributed by atoms with Gasteiger partial charge in [0.1, 0.15) is 11.2 Å². The van der Waals surface area contributed by atoms with Crippen molar-refractivity contribution in [2.75, 3.05) is 0 Å². The highest BCUT2D eigenvalue weighted by molar-refractivity contribution is 9.10. The molecule has 0 aliphatic heterocycles. The Morgan fingerprint density at radius 2 is 1.88 bits per heavy atom. The van der Waals surface area contributed by atoms with Crippen molar-refractivity contribution in [2.45, 2.75) is 3.79 Å². The molecule has 84 valence electrons. The maximum Gasteiger partial charge on any atom is 0.235 e. The third-order valence-corrected chi connectivity index (χ3v) is 2.95. The summed E-state index contributed by atoms with van der Waals surface area (Å²) in [4.78, 5) is 12.2. The summed E-state index contributed by atoms with van der Waals surface area (Å²) in [6, 6.07) is 1.71. The molecule has 2 heterocycles. The summed E-state index contributed by atoms with van der Waals surface area (Å²) in [5.74, 6) is 0. The van der Waals surface area contributed by atoms with Crippen molar-refractivity contribution < 1.29 is 0 Å². The highest BCUT2D eigenvalue weighted by atomic mass is 79.9. The number of pyridine rings is 1. The summed E-state index contributed by atoms with van der Waals surface area (Å²) in [6.07, 6.45) is 1.59. The fraction of sp³-hybridized carbons (Fsp3) is 0.125. The van der Waals surface area contributed by atoms with Crippen LogP contribution in [0, 0.1) is 0 Å². The summed E-state index contributed by atoms with van der Waals surface area (Å²) in [7, 11) is 0. The molecule has 2 rings (SSSR count). The van der Waals surface area contributed by atoms with Crippen molar-refractivity contribution in [1.82, 2.24) is 15.0 Å². The van der Waals surface area contributed by atoms with Crippen LogP contribution in [0.1, 0.15) is 5.69 Å². The van der Waals surface area contributed by atoms with Crippen molar-refractivity contribution in [3.8, 4) is 0 Å². The molecule has 0 saturated heterocycles. The van der Waals surface area contributed by atoms with Crippen LogP contribution in [-0.2, 0) is 3.79 Å². The van der Waals surface area contributed by atoms with Crippen LogP contribution >= 0.6 is 62.3 Å². The molecule has 0 saturated carbocycles. The quantitative estimate of drug-likeness (QED) is 0.658. The van der Waals surface area contributed by atoms with E-state index in [0.29, 0.717) is 11.2 Å². The number of hydrogen-bond donors (Lipinski definition) is 0. The normalized spacial score (nSPS) is 12.1. The molecule has 0 aliphatic rings. The maximum atomic E-state index is 5.85. The van der Waals surface area contributed by atoms with Crippen LogP contribution in [0.2, 0.25) is 5.15 Å². The second-order valence-electron chi connectivity index (χ2n) is 2.86. The molecule has 0 aromatic carbocycles. The third kappa shape index (κ3) is 2.51. The van der Waals surface area contributed by atoms with Gasteiger partial charge in [0, 0.05) is 10.7 Å². The second kappa shape index (κ2) is 4.42. The predicted molar refractivity (Wildman–Crippen MR) is 69.3 cm³/mol. The van der Waals surface area contributed by atoms with Gasteiger partial charge in [-0.2, -0.15) is 0 Å². The number of nitrogens with zero attached hydrogens (tertiary/aromatic N) is 3. The van der Waals surface area contributed by atoms with Crippen molar-refractivity contribution in [3.63, 3.8) is 0 Å². The Kier molecular flexibility index (Phi) is 3.48. The van der Waals surface area contributed by atoms with Crippen LogP contribution in [0.4, 0.5) is 0 Å². The Bertz CT molecular complexity index is 555. The first kappa shape index (κ1) is 12.6. The topological polar surface area (TPSA) is 38.7 Å². The maximum absolute atomic E-state index is 5.85. The monoisotopic (exact) mass is 359 g/mol. The van der Waals surface area contributed by atoms with Crippen molar-refractivity contribution in [1.29, 1.82) is 0 Å². The van der Waals surface area contributed by atoms with Crippen molar-refractivity contribution in [3.05, 3.63) is 27.6 Å². The summed E-state index contributed by atoms with van der Waals surface area (Å²) in [5.41, 5.74) is 0.984. The first-order chi connectivity index (χ1) is 7.38. The summed E-state index contributed by atoms with van der Waals surface area (Å²) >= 11 is 26.3. The van der Waals surface area contributed by atoms with E-state index in [1.54, 1.807) is 12.3 Å². The molecule has 0 aliphatic carbocycles. The molecule has 0 atom stereocenters. The fourth-order valence-electron chi connectivity index (χ4n) is 1.08. The zero-order valence-corrected chi connectivity index (χ0v) is 12.0. The lowest BCUT2D eigenvalue weighted by Crippen LogP contribution is -2.07. The van der Waals surface area contributed by atoms with E-state index >= 15 is 0 Å². The molecule has 2 aromatic rings. The van der Waals surface area contributed by atoms with E-state index in [4.69, 9.17) is 46.4 Å². The molecule has 0 spiro atoms. The first-order valence-electron chi connectivity index (χ1n) is 3.94. The van der Waals surface area contributed by atoms with E-state index in [-0.39, 0.29) is 10.8 Å². The molecule has 0 unspecified atom stereocenters. The lowest BCUT2D eigenvalue weighted by Gasteiger charge is -2.11. The zero-order chi connectivity index (χ0) is 11.9. The number of hydrogen-bond acceptors (Lipinski definition) is 3. The Balaban J connectivity index is 2.74. The van der Waals surface area contributed by atoms with Gasteiger partial charge >= 0.3 is 0 Å². The first-order valence-corrected chi connectivity index (χ1v) is 6.24. The van der Waals surface area contributed by atoms with Crippen LogP contribution in [0.25, 0.3) is 11.2 Å². The van der Waals surface area contributed by atoms with Crippen LogP contribution in [0.3, 0.4) is 0 Å². The molecule has 0 bridgehead atoms. The van der Waals surface area contributed by atoms with Crippen LogP contribution in [0.5, 0.6) is 0 Å². The lowest BCUT2D eigenvalue weighted by atomic mass is 10.4. The molecular weight excluding hydrogens is 360 g/mol. The standard InChI is InChI=1S/C8H2BrCl4N3/c9-3-1-4-7(14-2-3)16-6(10)5(15-4)8(11,12)13/h1-2H. The number of rotatable bonds is 0. The van der Waals surface area contributed by atoms with Crippen LogP contribution in [-0.4, -0.2) is 15.0 Å². The number of aromatic nitrogens is 3. The molecule has 0 radical (unpaired) electrons. The molecule has 0 fully saturated rings. The van der Waals surface area contributed by atoms with Gasteiger partial charge in [0.05, 0.1) is 0 Å². The van der Waals surface area contributed by atoms with Crippen molar-refractivity contribution in [2.24, 2.45) is 0 Å². The Morgan fingerprint density at radius 1 is 1.19 bits per heavy atom. The highest BCUT2D eigenvalue weighted by Crippen LogP contribution is 2.40. The van der Waals surface area contributed by atoms with Gasteiger partial charge in [0.2, 0.25) is 3.79 Å². The third-order valence-electron chi connectivity index (χ3n) is 1.71. The smallest absolute Gasteiger partial charge is 0.235 e. The van der Waals surface area contributed by atoms with Gasteiger partial charge < -0.3 is 0 Å².